The molecular weight excluding hydrogens is 627 g/mol. The molecule has 0 saturated heterocycles. The highest BCUT2D eigenvalue weighted by molar-refractivity contribution is 6.24. The molecule has 0 unspecified atom stereocenters. The first-order chi connectivity index (χ1) is 25.6. The fourth-order valence-electron chi connectivity index (χ4n) is 9.64. The van der Waals surface area contributed by atoms with Crippen LogP contribution in [0.25, 0.3) is 54.6 Å². The van der Waals surface area contributed by atoms with Crippen molar-refractivity contribution in [2.75, 3.05) is 4.90 Å². The van der Waals surface area contributed by atoms with Crippen molar-refractivity contribution in [3.63, 3.8) is 0 Å². The highest BCUT2D eigenvalue weighted by Crippen LogP contribution is 2.67. The van der Waals surface area contributed by atoms with E-state index in [2.05, 4.69) is 195 Å². The molecule has 1 heteroatoms. The Bertz CT molecular complexity index is 2820. The minimum atomic E-state index is -0.521. The third-order valence-corrected chi connectivity index (χ3v) is 11.8. The number of benzene rings is 9. The van der Waals surface area contributed by atoms with Gasteiger partial charge in [-0.2, -0.15) is 0 Å². The summed E-state index contributed by atoms with van der Waals surface area (Å²) >= 11 is 0. The van der Waals surface area contributed by atoms with E-state index >= 15 is 0 Å². The third-order valence-electron chi connectivity index (χ3n) is 11.8. The molecule has 0 N–H and O–H groups in total. The Morgan fingerprint density at radius 2 is 0.788 bits per heavy atom. The van der Waals surface area contributed by atoms with Gasteiger partial charge in [-0.25, -0.2) is 0 Å². The SMILES string of the molecule is Cc1ccc(N(c2ccc(C)cc2)c2cc3c(c4ccccc24)-c2c(c4ccccc4c4ccccc24)C32c3ccccc3-c3ccccc32)cc1. The fourth-order valence-corrected chi connectivity index (χ4v) is 9.64. The van der Waals surface area contributed by atoms with Crippen LogP contribution < -0.4 is 4.90 Å². The summed E-state index contributed by atoms with van der Waals surface area (Å²) in [6.07, 6.45) is 0. The van der Waals surface area contributed by atoms with Crippen LogP contribution in [0.1, 0.15) is 33.4 Å². The number of hydrogen-bond acceptors (Lipinski definition) is 1. The minimum Gasteiger partial charge on any atom is -0.310 e. The van der Waals surface area contributed by atoms with Crippen LogP contribution in [0.15, 0.2) is 176 Å². The molecule has 1 spiro atoms. The average Bonchev–Trinajstić information content (AvgIpc) is 3.67. The van der Waals surface area contributed by atoms with Crippen molar-refractivity contribution in [2.45, 2.75) is 19.3 Å². The van der Waals surface area contributed by atoms with Crippen LogP contribution in [0.2, 0.25) is 0 Å². The molecule has 0 heterocycles. The summed E-state index contributed by atoms with van der Waals surface area (Å²) in [7, 11) is 0. The number of fused-ring (bicyclic) bond motifs is 17. The van der Waals surface area contributed by atoms with Crippen molar-refractivity contribution in [1.29, 1.82) is 0 Å². The zero-order valence-electron chi connectivity index (χ0n) is 29.2. The molecular formula is C51H35N. The summed E-state index contributed by atoms with van der Waals surface area (Å²) in [4.78, 5) is 2.47. The van der Waals surface area contributed by atoms with Gasteiger partial charge in [-0.1, -0.05) is 157 Å². The molecule has 52 heavy (non-hydrogen) atoms. The largest absolute Gasteiger partial charge is 0.310 e. The fraction of sp³-hybridized carbons (Fsp3) is 0.0588. The first-order valence-corrected chi connectivity index (χ1v) is 18.3. The highest BCUT2D eigenvalue weighted by atomic mass is 15.1. The second kappa shape index (κ2) is 10.8. The lowest BCUT2D eigenvalue weighted by Crippen LogP contribution is -2.26. The Kier molecular flexibility index (Phi) is 6.08. The maximum absolute atomic E-state index is 2.56. The summed E-state index contributed by atoms with van der Waals surface area (Å²) < 4.78 is 0. The molecule has 1 nitrogen and oxygen atoms in total. The summed E-state index contributed by atoms with van der Waals surface area (Å²) in [6, 6.07) is 66.1. The van der Waals surface area contributed by atoms with Gasteiger partial charge in [0.2, 0.25) is 0 Å². The summed E-state index contributed by atoms with van der Waals surface area (Å²) in [6.45, 7) is 4.32. The Labute approximate surface area is 304 Å². The van der Waals surface area contributed by atoms with Crippen molar-refractivity contribution in [3.8, 4) is 22.3 Å². The van der Waals surface area contributed by atoms with Gasteiger partial charge in [0, 0.05) is 16.8 Å². The van der Waals surface area contributed by atoms with E-state index in [9.17, 15) is 0 Å². The number of aryl methyl sites for hydroxylation is 2. The molecule has 0 radical (unpaired) electrons. The van der Waals surface area contributed by atoms with Gasteiger partial charge >= 0.3 is 0 Å². The topological polar surface area (TPSA) is 3.24 Å². The molecule has 0 saturated carbocycles. The van der Waals surface area contributed by atoms with Gasteiger partial charge in [-0.3, -0.25) is 0 Å². The first-order valence-electron chi connectivity index (χ1n) is 18.3. The predicted octanol–water partition coefficient (Wildman–Crippen LogP) is 13.6. The van der Waals surface area contributed by atoms with Gasteiger partial charge in [0.1, 0.15) is 0 Å². The first kappa shape index (κ1) is 29.3. The van der Waals surface area contributed by atoms with Gasteiger partial charge in [0.05, 0.1) is 11.1 Å². The highest BCUT2D eigenvalue weighted by Gasteiger charge is 2.53. The van der Waals surface area contributed by atoms with Crippen LogP contribution in [0, 0.1) is 13.8 Å². The standard InChI is InChI=1S/C51H35N/c1-32-23-27-34(28-24-32)52(35-29-25-33(2)26-30-35)47-31-46-48(42-19-7-5-17-40(42)47)49-41-18-6-3-13-36(41)37-14-4-8-20-43(37)50(49)51(46)44-21-11-9-15-38(44)39-16-10-12-22-45(39)51/h3-31H,1-2H3. The molecule has 0 aromatic heterocycles. The van der Waals surface area contributed by atoms with Gasteiger partial charge in [0.25, 0.3) is 0 Å². The smallest absolute Gasteiger partial charge is 0.0732 e. The molecule has 0 amide bonds. The van der Waals surface area contributed by atoms with Gasteiger partial charge < -0.3 is 4.90 Å². The summed E-state index contributed by atoms with van der Waals surface area (Å²) in [5, 5.41) is 7.74. The molecule has 0 fully saturated rings. The molecule has 9 aromatic carbocycles. The zero-order chi connectivity index (χ0) is 34.6. The van der Waals surface area contributed by atoms with Crippen LogP contribution in [-0.4, -0.2) is 0 Å². The lowest BCUT2D eigenvalue weighted by molar-refractivity contribution is 0.802. The molecule has 244 valence electrons. The minimum absolute atomic E-state index is 0.521. The van der Waals surface area contributed by atoms with Crippen molar-refractivity contribution in [3.05, 3.63) is 209 Å². The van der Waals surface area contributed by atoms with Crippen molar-refractivity contribution >= 4 is 49.4 Å². The predicted molar refractivity (Wildman–Crippen MR) is 219 cm³/mol. The Hall–Kier alpha value is -6.44. The quantitative estimate of drug-likeness (QED) is 0.170. The Morgan fingerprint density at radius 1 is 0.365 bits per heavy atom. The van der Waals surface area contributed by atoms with E-state index in [1.165, 1.54) is 93.6 Å². The molecule has 11 rings (SSSR count). The maximum Gasteiger partial charge on any atom is 0.0732 e. The molecule has 2 aliphatic carbocycles. The number of nitrogens with zero attached hydrogens (tertiary/aromatic N) is 1. The molecule has 0 aliphatic heterocycles. The zero-order valence-corrected chi connectivity index (χ0v) is 29.2. The average molecular weight is 662 g/mol. The van der Waals surface area contributed by atoms with Crippen molar-refractivity contribution < 1.29 is 0 Å². The second-order valence-electron chi connectivity index (χ2n) is 14.6. The van der Waals surface area contributed by atoms with Crippen LogP contribution in [-0.2, 0) is 5.41 Å². The third kappa shape index (κ3) is 3.78. The Morgan fingerprint density at radius 3 is 1.35 bits per heavy atom. The summed E-state index contributed by atoms with van der Waals surface area (Å²) in [5.74, 6) is 0. The molecule has 0 atom stereocenters. The van der Waals surface area contributed by atoms with Crippen molar-refractivity contribution in [1.82, 2.24) is 0 Å². The molecule has 2 aliphatic rings. The number of anilines is 3. The number of hydrogen-bond donors (Lipinski definition) is 0. The molecule has 0 bridgehead atoms. The van der Waals surface area contributed by atoms with E-state index < -0.39 is 5.41 Å². The van der Waals surface area contributed by atoms with Crippen LogP contribution >= 0.6 is 0 Å². The van der Waals surface area contributed by atoms with Gasteiger partial charge in [-0.05, 0) is 116 Å². The van der Waals surface area contributed by atoms with E-state index in [-0.39, 0.29) is 0 Å². The molecule has 9 aromatic rings. The van der Waals surface area contributed by atoms with Crippen LogP contribution in [0.5, 0.6) is 0 Å². The van der Waals surface area contributed by atoms with Gasteiger partial charge in [-0.15, -0.1) is 0 Å². The second-order valence-corrected chi connectivity index (χ2v) is 14.6. The normalized spacial score (nSPS) is 13.3. The van der Waals surface area contributed by atoms with Crippen molar-refractivity contribution in [2.24, 2.45) is 0 Å². The van der Waals surface area contributed by atoms with E-state index in [0.29, 0.717) is 0 Å². The monoisotopic (exact) mass is 661 g/mol. The van der Waals surface area contributed by atoms with Crippen LogP contribution in [0.4, 0.5) is 17.1 Å². The lowest BCUT2D eigenvalue weighted by atomic mass is 9.69. The maximum atomic E-state index is 2.56. The van der Waals surface area contributed by atoms with E-state index in [0.717, 1.165) is 11.4 Å². The number of rotatable bonds is 3. The van der Waals surface area contributed by atoms with Gasteiger partial charge in [0.15, 0.2) is 0 Å². The van der Waals surface area contributed by atoms with Crippen LogP contribution in [0.3, 0.4) is 0 Å². The lowest BCUT2D eigenvalue weighted by Gasteiger charge is -2.33. The van der Waals surface area contributed by atoms with E-state index in [1.54, 1.807) is 0 Å². The van der Waals surface area contributed by atoms with E-state index in [1.807, 2.05) is 0 Å². The Balaban J connectivity index is 1.38. The van der Waals surface area contributed by atoms with E-state index in [4.69, 9.17) is 0 Å². The summed E-state index contributed by atoms with van der Waals surface area (Å²) in [5.41, 5.74) is 16.2.